The molecule has 0 bridgehead atoms. The lowest BCUT2D eigenvalue weighted by molar-refractivity contribution is -0.276. The Morgan fingerprint density at radius 1 is 0.842 bits per heavy atom. The highest BCUT2D eigenvalue weighted by Gasteiger charge is 2.40. The molecule has 2 aliphatic heterocycles. The van der Waals surface area contributed by atoms with Crippen LogP contribution in [0.2, 0.25) is 0 Å². The lowest BCUT2D eigenvalue weighted by atomic mass is 9.90. The maximum Gasteiger partial charge on any atom is 0.241 e. The van der Waals surface area contributed by atoms with E-state index in [0.29, 0.717) is 13.1 Å². The van der Waals surface area contributed by atoms with E-state index in [-0.39, 0.29) is 48.7 Å². The average Bonchev–Trinajstić information content (AvgIpc) is 3.65. The van der Waals surface area contributed by atoms with Crippen LogP contribution in [0.3, 0.4) is 0 Å². The van der Waals surface area contributed by atoms with Crippen molar-refractivity contribution in [3.05, 3.63) is 161 Å². The maximum atomic E-state index is 13.8. The largest absolute Gasteiger partial charge is 0.392 e. The fourth-order valence-corrected chi connectivity index (χ4v) is 8.85. The normalized spacial score (nSPS) is 21.9. The average molecular weight is 790 g/mol. The molecule has 57 heavy (non-hydrogen) atoms. The van der Waals surface area contributed by atoms with Gasteiger partial charge in [0.15, 0.2) is 6.29 Å². The summed E-state index contributed by atoms with van der Waals surface area (Å²) in [6, 6.07) is 38.6. The molecule has 2 saturated heterocycles. The van der Waals surface area contributed by atoms with Crippen LogP contribution < -0.4 is 10.0 Å². The molecular weight excluding hydrogens is 739 g/mol. The highest BCUT2D eigenvalue weighted by molar-refractivity contribution is 7.89. The molecule has 5 aromatic carbocycles. The van der Waals surface area contributed by atoms with Crippen molar-refractivity contribution in [3.63, 3.8) is 0 Å². The Balaban J connectivity index is 1.08. The van der Waals surface area contributed by atoms with Gasteiger partial charge in [0.2, 0.25) is 15.9 Å². The predicted molar refractivity (Wildman–Crippen MR) is 219 cm³/mol. The van der Waals surface area contributed by atoms with Gasteiger partial charge in [-0.3, -0.25) is 9.69 Å². The smallest absolute Gasteiger partial charge is 0.241 e. The third kappa shape index (κ3) is 10.1. The number of sulfonamides is 1. The topological polar surface area (TPSA) is 137 Å². The number of carbonyl (C=O) groups is 1. The van der Waals surface area contributed by atoms with Gasteiger partial charge >= 0.3 is 0 Å². The van der Waals surface area contributed by atoms with Gasteiger partial charge in [0.1, 0.15) is 6.04 Å². The summed E-state index contributed by atoms with van der Waals surface area (Å²) in [4.78, 5) is 16.1. The third-order valence-electron chi connectivity index (χ3n) is 11.0. The first-order valence-corrected chi connectivity index (χ1v) is 21.0. The number of nitrogens with zero attached hydrogens (tertiary/aromatic N) is 1. The molecule has 0 spiro atoms. The number of carbonyl (C=O) groups excluding carboxylic acids is 1. The summed E-state index contributed by atoms with van der Waals surface area (Å²) < 4.78 is 42.8. The molecule has 4 N–H and O–H groups in total. The summed E-state index contributed by atoms with van der Waals surface area (Å²) in [6.45, 7) is 6.31. The highest BCUT2D eigenvalue weighted by atomic mass is 32.2. The molecule has 11 heteroatoms. The van der Waals surface area contributed by atoms with Gasteiger partial charge in [-0.25, -0.2) is 8.42 Å². The Labute approximate surface area is 335 Å². The van der Waals surface area contributed by atoms with Crippen molar-refractivity contribution in [3.8, 4) is 11.1 Å². The minimum Gasteiger partial charge on any atom is -0.392 e. The molecule has 5 aromatic rings. The van der Waals surface area contributed by atoms with Crippen LogP contribution in [-0.4, -0.2) is 67.3 Å². The Morgan fingerprint density at radius 3 is 2.21 bits per heavy atom. The molecule has 0 saturated carbocycles. The van der Waals surface area contributed by atoms with Crippen LogP contribution in [0.4, 0.5) is 0 Å². The number of β-amino-alcohol motifs (C(OH)–C–C–N with tert-alkyl or cyclic N) is 1. The van der Waals surface area contributed by atoms with Crippen molar-refractivity contribution in [2.75, 3.05) is 19.6 Å². The summed E-state index contributed by atoms with van der Waals surface area (Å²) in [5.74, 6) is -0.399. The van der Waals surface area contributed by atoms with E-state index in [1.54, 1.807) is 24.3 Å². The maximum absolute atomic E-state index is 13.8. The van der Waals surface area contributed by atoms with Crippen LogP contribution in [-0.2, 0) is 43.9 Å². The van der Waals surface area contributed by atoms with Crippen molar-refractivity contribution in [1.82, 2.24) is 14.9 Å². The second-order valence-corrected chi connectivity index (χ2v) is 16.9. The van der Waals surface area contributed by atoms with E-state index in [1.807, 2.05) is 110 Å². The number of amides is 1. The van der Waals surface area contributed by atoms with Crippen molar-refractivity contribution in [2.24, 2.45) is 5.92 Å². The van der Waals surface area contributed by atoms with E-state index in [9.17, 15) is 23.4 Å². The summed E-state index contributed by atoms with van der Waals surface area (Å²) in [7, 11) is -3.98. The van der Waals surface area contributed by atoms with Gasteiger partial charge in [0, 0.05) is 37.7 Å². The van der Waals surface area contributed by atoms with Gasteiger partial charge in [0.25, 0.3) is 0 Å². The molecule has 0 radical (unpaired) electrons. The lowest BCUT2D eigenvalue weighted by Gasteiger charge is -2.42. The Hall–Kier alpha value is -4.72. The Bertz CT molecular complexity index is 2200. The van der Waals surface area contributed by atoms with Crippen molar-refractivity contribution < 1.29 is 32.9 Å². The summed E-state index contributed by atoms with van der Waals surface area (Å²) in [5, 5.41) is 22.8. The standard InChI is InChI=1S/C46H51N3O7S/c1-31-12-22-40(23-13-31)57(53,54)48-42(26-33-8-4-3-5-9-33)45(52)47-27-38-10-6-7-11-41(38)35-18-20-37(21-19-35)46-55-43(29-49-25-24-39(51)28-49)32(2)44(56-46)36-16-14-34(30-50)15-17-36/h3-23,32,39,42-44,46,48,50-51H,24-30H2,1-2H3,(H,47,52)/t32-,39+,42-,43+,44+,46+/m1/s1. The van der Waals surface area contributed by atoms with Crippen LogP contribution in [0, 0.1) is 12.8 Å². The molecule has 2 fully saturated rings. The Morgan fingerprint density at radius 2 is 1.53 bits per heavy atom. The van der Waals surface area contributed by atoms with E-state index < -0.39 is 28.3 Å². The number of benzene rings is 5. The molecule has 10 nitrogen and oxygen atoms in total. The van der Waals surface area contributed by atoms with Gasteiger partial charge in [-0.05, 0) is 65.3 Å². The number of aliphatic hydroxyl groups is 2. The van der Waals surface area contributed by atoms with E-state index in [0.717, 1.165) is 57.5 Å². The van der Waals surface area contributed by atoms with Crippen LogP contribution >= 0.6 is 0 Å². The number of ether oxygens (including phenoxy) is 2. The monoisotopic (exact) mass is 789 g/mol. The first kappa shape index (κ1) is 40.5. The SMILES string of the molecule is Cc1ccc(S(=O)(=O)N[C@H](Cc2ccccc2)C(=O)NCc2ccccc2-c2ccc([C@H]3O[C@@H](CN4CC[C@H](O)C4)[C@@H](C)[C@@H](c4ccc(CO)cc4)O3)cc2)cc1. The lowest BCUT2D eigenvalue weighted by Crippen LogP contribution is -2.47. The zero-order valence-corrected chi connectivity index (χ0v) is 33.1. The fourth-order valence-electron chi connectivity index (χ4n) is 7.65. The second kappa shape index (κ2) is 18.3. The van der Waals surface area contributed by atoms with Crippen LogP contribution in [0.15, 0.2) is 132 Å². The van der Waals surface area contributed by atoms with E-state index in [1.165, 1.54) is 0 Å². The highest BCUT2D eigenvalue weighted by Crippen LogP contribution is 2.42. The van der Waals surface area contributed by atoms with E-state index >= 15 is 0 Å². The van der Waals surface area contributed by atoms with Gasteiger partial charge in [-0.15, -0.1) is 0 Å². The van der Waals surface area contributed by atoms with Gasteiger partial charge in [-0.1, -0.05) is 128 Å². The number of hydrogen-bond acceptors (Lipinski definition) is 8. The molecule has 2 aliphatic rings. The minimum atomic E-state index is -3.98. The number of aliphatic hydroxyl groups excluding tert-OH is 2. The molecule has 7 rings (SSSR count). The first-order chi connectivity index (χ1) is 27.6. The molecule has 2 heterocycles. The van der Waals surface area contributed by atoms with Gasteiger partial charge < -0.3 is 25.0 Å². The van der Waals surface area contributed by atoms with Crippen LogP contribution in [0.25, 0.3) is 11.1 Å². The van der Waals surface area contributed by atoms with Gasteiger partial charge in [-0.2, -0.15) is 4.72 Å². The van der Waals surface area contributed by atoms with E-state index in [2.05, 4.69) is 21.9 Å². The summed E-state index contributed by atoms with van der Waals surface area (Å²) in [5.41, 5.74) is 7.22. The third-order valence-corrected chi connectivity index (χ3v) is 12.5. The number of aryl methyl sites for hydroxylation is 1. The molecule has 6 atom stereocenters. The quantitative estimate of drug-likeness (QED) is 0.104. The zero-order valence-electron chi connectivity index (χ0n) is 32.3. The molecule has 0 unspecified atom stereocenters. The van der Waals surface area contributed by atoms with Crippen molar-refractivity contribution in [1.29, 1.82) is 0 Å². The van der Waals surface area contributed by atoms with Crippen LogP contribution in [0.5, 0.6) is 0 Å². The van der Waals surface area contributed by atoms with Gasteiger partial charge in [0.05, 0.1) is 29.8 Å². The van der Waals surface area contributed by atoms with Crippen molar-refractivity contribution in [2.45, 2.75) is 75.4 Å². The molecule has 0 aliphatic carbocycles. The second-order valence-electron chi connectivity index (χ2n) is 15.2. The number of hydrogen-bond donors (Lipinski definition) is 4. The predicted octanol–water partition coefficient (Wildman–Crippen LogP) is 6.22. The first-order valence-electron chi connectivity index (χ1n) is 19.6. The number of nitrogens with one attached hydrogen (secondary N) is 2. The summed E-state index contributed by atoms with van der Waals surface area (Å²) >= 11 is 0. The minimum absolute atomic E-state index is 0.0281. The fraction of sp³-hybridized carbons (Fsp3) is 0.326. The molecule has 298 valence electrons. The number of likely N-dealkylation sites (tertiary alicyclic amines) is 1. The molecule has 1 amide bonds. The van der Waals surface area contributed by atoms with Crippen molar-refractivity contribution >= 4 is 15.9 Å². The molecule has 0 aromatic heterocycles. The van der Waals surface area contributed by atoms with Crippen LogP contribution in [0.1, 0.15) is 59.1 Å². The Kier molecular flexibility index (Phi) is 13.0. The molecular formula is C46H51N3O7S. The summed E-state index contributed by atoms with van der Waals surface area (Å²) in [6.07, 6.45) is -0.413. The zero-order chi connectivity index (χ0) is 39.9. The number of rotatable bonds is 14. The van der Waals surface area contributed by atoms with E-state index in [4.69, 9.17) is 9.47 Å².